The van der Waals surface area contributed by atoms with Gasteiger partial charge in [-0.05, 0) is 53.7 Å². The molecule has 0 unspecified atom stereocenters. The zero-order chi connectivity index (χ0) is 20.6. The van der Waals surface area contributed by atoms with Crippen LogP contribution < -0.4 is 4.74 Å². The highest BCUT2D eigenvalue weighted by atomic mass is 16.5. The lowest BCUT2D eigenvalue weighted by molar-refractivity contribution is 0.104. The van der Waals surface area contributed by atoms with Gasteiger partial charge in [0, 0.05) is 0 Å². The van der Waals surface area contributed by atoms with Gasteiger partial charge in [0.05, 0.1) is 5.56 Å². The van der Waals surface area contributed by atoms with Gasteiger partial charge in [-0.15, -0.1) is 0 Å². The largest absolute Gasteiger partial charge is 0.488 e. The molecule has 1 saturated carbocycles. The van der Waals surface area contributed by atoms with Crippen molar-refractivity contribution in [1.29, 1.82) is 0 Å². The van der Waals surface area contributed by atoms with Crippen LogP contribution in [0.25, 0.3) is 6.08 Å². The van der Waals surface area contributed by atoms with Gasteiger partial charge in [-0.25, -0.2) is 0 Å². The molecule has 1 fully saturated rings. The van der Waals surface area contributed by atoms with Crippen molar-refractivity contribution in [3.8, 4) is 5.75 Å². The van der Waals surface area contributed by atoms with E-state index in [2.05, 4.69) is 24.3 Å². The summed E-state index contributed by atoms with van der Waals surface area (Å²) in [7, 11) is 0. The Morgan fingerprint density at radius 2 is 1.53 bits per heavy atom. The lowest BCUT2D eigenvalue weighted by Gasteiger charge is -2.21. The molecule has 4 rings (SSSR count). The van der Waals surface area contributed by atoms with Gasteiger partial charge in [0.2, 0.25) is 0 Å². The predicted octanol–water partition coefficient (Wildman–Crippen LogP) is 7.21. The SMILES string of the molecule is O=C(C=Cc1ccc(C2CCCCC2)cc1)c1ccccc1OCc1ccccc1. The first kappa shape index (κ1) is 20.2. The van der Waals surface area contributed by atoms with Crippen molar-refractivity contribution in [1.82, 2.24) is 0 Å². The molecule has 3 aromatic carbocycles. The molecule has 152 valence electrons. The summed E-state index contributed by atoms with van der Waals surface area (Å²) in [4.78, 5) is 12.8. The monoisotopic (exact) mass is 396 g/mol. The molecule has 0 saturated heterocycles. The van der Waals surface area contributed by atoms with Crippen LogP contribution in [0.15, 0.2) is 84.9 Å². The van der Waals surface area contributed by atoms with Gasteiger partial charge in [0.25, 0.3) is 0 Å². The summed E-state index contributed by atoms with van der Waals surface area (Å²) < 4.78 is 5.92. The molecule has 1 aliphatic carbocycles. The van der Waals surface area contributed by atoms with Gasteiger partial charge in [0.1, 0.15) is 12.4 Å². The topological polar surface area (TPSA) is 26.3 Å². The molecule has 0 atom stereocenters. The van der Waals surface area contributed by atoms with E-state index in [9.17, 15) is 4.79 Å². The minimum Gasteiger partial charge on any atom is -0.488 e. The maximum absolute atomic E-state index is 12.8. The van der Waals surface area contributed by atoms with Crippen molar-refractivity contribution in [2.45, 2.75) is 44.6 Å². The fraction of sp³-hybridized carbons (Fsp3) is 0.250. The molecule has 2 nitrogen and oxygen atoms in total. The Labute approximate surface area is 179 Å². The van der Waals surface area contributed by atoms with Crippen molar-refractivity contribution in [2.24, 2.45) is 0 Å². The van der Waals surface area contributed by atoms with Crippen LogP contribution in [0.3, 0.4) is 0 Å². The Kier molecular flexibility index (Phi) is 6.76. The number of para-hydroxylation sites is 1. The Bertz CT molecular complexity index is 981. The number of benzene rings is 3. The second kappa shape index (κ2) is 10.1. The van der Waals surface area contributed by atoms with Crippen LogP contribution in [0.5, 0.6) is 5.75 Å². The normalized spacial score (nSPS) is 14.7. The van der Waals surface area contributed by atoms with E-state index in [4.69, 9.17) is 4.74 Å². The van der Waals surface area contributed by atoms with E-state index in [-0.39, 0.29) is 5.78 Å². The van der Waals surface area contributed by atoms with Crippen LogP contribution in [0, 0.1) is 0 Å². The van der Waals surface area contributed by atoms with E-state index in [0.717, 1.165) is 11.1 Å². The molecule has 0 heterocycles. The van der Waals surface area contributed by atoms with Gasteiger partial charge in [-0.2, -0.15) is 0 Å². The van der Waals surface area contributed by atoms with Crippen LogP contribution >= 0.6 is 0 Å². The predicted molar refractivity (Wildman–Crippen MR) is 123 cm³/mol. The molecule has 0 aliphatic heterocycles. The fourth-order valence-corrected chi connectivity index (χ4v) is 4.11. The van der Waals surface area contributed by atoms with E-state index in [1.807, 2.05) is 60.7 Å². The van der Waals surface area contributed by atoms with Crippen molar-refractivity contribution in [3.05, 3.63) is 107 Å². The average molecular weight is 397 g/mol. The Balaban J connectivity index is 1.41. The molecule has 2 heteroatoms. The number of rotatable bonds is 7. The molecule has 1 aliphatic rings. The van der Waals surface area contributed by atoms with E-state index < -0.39 is 0 Å². The quantitative estimate of drug-likeness (QED) is 0.311. The van der Waals surface area contributed by atoms with E-state index in [1.54, 1.807) is 6.08 Å². The van der Waals surface area contributed by atoms with Crippen LogP contribution in [0.1, 0.15) is 65.1 Å². The Hall–Kier alpha value is -3.13. The Morgan fingerprint density at radius 1 is 0.833 bits per heavy atom. The number of allylic oxidation sites excluding steroid dienone is 1. The molecule has 30 heavy (non-hydrogen) atoms. The number of carbonyl (C=O) groups excluding carboxylic acids is 1. The van der Waals surface area contributed by atoms with E-state index >= 15 is 0 Å². The number of hydrogen-bond acceptors (Lipinski definition) is 2. The molecule has 0 spiro atoms. The molecule has 0 bridgehead atoms. The summed E-state index contributed by atoms with van der Waals surface area (Å²) in [6, 6.07) is 26.1. The first-order chi connectivity index (χ1) is 14.8. The number of ether oxygens (including phenoxy) is 1. The molecule has 0 N–H and O–H groups in total. The van der Waals surface area contributed by atoms with E-state index in [0.29, 0.717) is 23.8 Å². The second-order valence-corrected chi connectivity index (χ2v) is 7.97. The highest BCUT2D eigenvalue weighted by molar-refractivity contribution is 6.08. The van der Waals surface area contributed by atoms with Gasteiger partial charge < -0.3 is 4.74 Å². The van der Waals surface area contributed by atoms with Crippen LogP contribution in [-0.4, -0.2) is 5.78 Å². The first-order valence-corrected chi connectivity index (χ1v) is 10.9. The summed E-state index contributed by atoms with van der Waals surface area (Å²) in [5.74, 6) is 1.27. The first-order valence-electron chi connectivity index (χ1n) is 10.9. The fourth-order valence-electron chi connectivity index (χ4n) is 4.11. The molecular formula is C28H28O2. The molecular weight excluding hydrogens is 368 g/mol. The zero-order valence-electron chi connectivity index (χ0n) is 17.3. The summed E-state index contributed by atoms with van der Waals surface area (Å²) in [5, 5.41) is 0. The minimum absolute atomic E-state index is 0.0463. The molecule has 0 aromatic heterocycles. The summed E-state index contributed by atoms with van der Waals surface area (Å²) in [6.45, 7) is 0.442. The van der Waals surface area contributed by atoms with E-state index in [1.165, 1.54) is 37.7 Å². The van der Waals surface area contributed by atoms with Crippen LogP contribution in [0.2, 0.25) is 0 Å². The molecule has 0 radical (unpaired) electrons. The third kappa shape index (κ3) is 5.27. The van der Waals surface area contributed by atoms with Gasteiger partial charge in [-0.3, -0.25) is 4.79 Å². The van der Waals surface area contributed by atoms with Crippen LogP contribution in [0.4, 0.5) is 0 Å². The Morgan fingerprint density at radius 3 is 2.30 bits per heavy atom. The summed E-state index contributed by atoms with van der Waals surface area (Å²) in [6.07, 6.45) is 10.2. The second-order valence-electron chi connectivity index (χ2n) is 7.97. The van der Waals surface area contributed by atoms with Crippen molar-refractivity contribution in [2.75, 3.05) is 0 Å². The van der Waals surface area contributed by atoms with Crippen LogP contribution in [-0.2, 0) is 6.61 Å². The van der Waals surface area contributed by atoms with Gasteiger partial charge in [-0.1, -0.05) is 92.1 Å². The number of carbonyl (C=O) groups is 1. The lowest BCUT2D eigenvalue weighted by atomic mass is 9.84. The molecule has 0 amide bonds. The zero-order valence-corrected chi connectivity index (χ0v) is 17.3. The summed E-state index contributed by atoms with van der Waals surface area (Å²) in [5.41, 5.74) is 4.14. The highest BCUT2D eigenvalue weighted by Crippen LogP contribution is 2.32. The standard InChI is InChI=1S/C28H28O2/c29-27(20-17-22-15-18-25(19-16-22)24-11-5-2-6-12-24)26-13-7-8-14-28(26)30-21-23-9-3-1-4-10-23/h1,3-4,7-10,13-20,24H,2,5-6,11-12,21H2. The summed E-state index contributed by atoms with van der Waals surface area (Å²) >= 11 is 0. The minimum atomic E-state index is -0.0463. The third-order valence-electron chi connectivity index (χ3n) is 5.83. The van der Waals surface area contributed by atoms with Crippen molar-refractivity contribution in [3.63, 3.8) is 0 Å². The average Bonchev–Trinajstić information content (AvgIpc) is 2.83. The van der Waals surface area contributed by atoms with Crippen molar-refractivity contribution >= 4 is 11.9 Å². The van der Waals surface area contributed by atoms with Gasteiger partial charge in [0.15, 0.2) is 5.78 Å². The maximum Gasteiger partial charge on any atom is 0.189 e. The molecule has 3 aromatic rings. The highest BCUT2D eigenvalue weighted by Gasteiger charge is 2.15. The maximum atomic E-state index is 12.8. The third-order valence-corrected chi connectivity index (χ3v) is 5.83. The smallest absolute Gasteiger partial charge is 0.189 e. The number of hydrogen-bond donors (Lipinski definition) is 0. The lowest BCUT2D eigenvalue weighted by Crippen LogP contribution is -2.04. The van der Waals surface area contributed by atoms with Crippen molar-refractivity contribution < 1.29 is 9.53 Å². The number of ketones is 1. The van der Waals surface area contributed by atoms with Gasteiger partial charge >= 0.3 is 0 Å².